The van der Waals surface area contributed by atoms with Crippen molar-refractivity contribution < 1.29 is 0 Å². The molecule has 0 amide bonds. The van der Waals surface area contributed by atoms with Crippen LogP contribution in [0.25, 0.3) is 0 Å². The minimum Gasteiger partial charge on any atom is -0.329 e. The van der Waals surface area contributed by atoms with Crippen molar-refractivity contribution in [2.75, 3.05) is 13.6 Å². The summed E-state index contributed by atoms with van der Waals surface area (Å²) < 4.78 is 0. The van der Waals surface area contributed by atoms with Crippen molar-refractivity contribution in [2.45, 2.75) is 63.5 Å². The highest BCUT2D eigenvalue weighted by Gasteiger charge is 2.41. The van der Waals surface area contributed by atoms with Crippen LogP contribution in [0, 0.1) is 5.92 Å². The van der Waals surface area contributed by atoms with Gasteiger partial charge in [0.15, 0.2) is 0 Å². The van der Waals surface area contributed by atoms with E-state index in [1.807, 2.05) is 0 Å². The van der Waals surface area contributed by atoms with Crippen LogP contribution in [0.5, 0.6) is 0 Å². The maximum Gasteiger partial charge on any atom is 0.0375 e. The van der Waals surface area contributed by atoms with Crippen LogP contribution in [0.2, 0.25) is 0 Å². The number of fused-ring (bicyclic) bond motifs is 1. The van der Waals surface area contributed by atoms with E-state index in [1.165, 1.54) is 49.7 Å². The summed E-state index contributed by atoms with van der Waals surface area (Å²) in [6.45, 7) is 3.21. The first-order chi connectivity index (χ1) is 10.2. The fraction of sp³-hybridized carbons (Fsp3) is 0.684. The monoisotopic (exact) mass is 286 g/mol. The van der Waals surface area contributed by atoms with Crippen LogP contribution in [0.15, 0.2) is 24.3 Å². The van der Waals surface area contributed by atoms with E-state index in [4.69, 9.17) is 5.73 Å². The first kappa shape index (κ1) is 15.1. The molecule has 2 aliphatic rings. The summed E-state index contributed by atoms with van der Waals surface area (Å²) in [5.74, 6) is 0.810. The highest BCUT2D eigenvalue weighted by atomic mass is 15.2. The largest absolute Gasteiger partial charge is 0.329 e. The van der Waals surface area contributed by atoms with Crippen molar-refractivity contribution in [3.63, 3.8) is 0 Å². The molecule has 0 bridgehead atoms. The third kappa shape index (κ3) is 2.76. The third-order valence-corrected chi connectivity index (χ3v) is 6.19. The highest BCUT2D eigenvalue weighted by Crippen LogP contribution is 2.37. The SMILES string of the molecule is CC1CCCCC1N(C)C1(CN)CCc2ccccc2C1. The van der Waals surface area contributed by atoms with Gasteiger partial charge in [0.05, 0.1) is 0 Å². The molecule has 0 saturated heterocycles. The molecular weight excluding hydrogens is 256 g/mol. The van der Waals surface area contributed by atoms with Crippen molar-refractivity contribution in [3.8, 4) is 0 Å². The summed E-state index contributed by atoms with van der Waals surface area (Å²) in [5, 5.41) is 0. The number of nitrogens with zero attached hydrogens (tertiary/aromatic N) is 1. The topological polar surface area (TPSA) is 29.3 Å². The smallest absolute Gasteiger partial charge is 0.0375 e. The molecule has 2 aliphatic carbocycles. The van der Waals surface area contributed by atoms with E-state index in [1.54, 1.807) is 0 Å². The number of rotatable bonds is 3. The summed E-state index contributed by atoms with van der Waals surface area (Å²) in [5.41, 5.74) is 9.53. The lowest BCUT2D eigenvalue weighted by Gasteiger charge is -2.50. The average molecular weight is 286 g/mol. The standard InChI is InChI=1S/C19H30N2/c1-15-7-3-6-10-18(15)21(2)19(14-20)12-11-16-8-4-5-9-17(16)13-19/h4-5,8-9,15,18H,3,6-7,10-14,20H2,1-2H3. The van der Waals surface area contributed by atoms with Gasteiger partial charge in [0.2, 0.25) is 0 Å². The van der Waals surface area contributed by atoms with Crippen LogP contribution in [0.4, 0.5) is 0 Å². The van der Waals surface area contributed by atoms with Gasteiger partial charge in [-0.3, -0.25) is 4.90 Å². The molecule has 0 aliphatic heterocycles. The Morgan fingerprint density at radius 1 is 1.19 bits per heavy atom. The zero-order valence-electron chi connectivity index (χ0n) is 13.6. The Morgan fingerprint density at radius 2 is 1.90 bits per heavy atom. The minimum atomic E-state index is 0.171. The Hall–Kier alpha value is -0.860. The second kappa shape index (κ2) is 6.10. The van der Waals surface area contributed by atoms with Crippen molar-refractivity contribution in [1.82, 2.24) is 4.90 Å². The molecule has 1 aromatic carbocycles. The van der Waals surface area contributed by atoms with Gasteiger partial charge in [0.25, 0.3) is 0 Å². The fourth-order valence-corrected chi connectivity index (χ4v) is 4.63. The Kier molecular flexibility index (Phi) is 4.37. The number of nitrogens with two attached hydrogens (primary N) is 1. The normalized spacial score (nSPS) is 33.0. The molecule has 2 nitrogen and oxygen atoms in total. The van der Waals surface area contributed by atoms with Crippen molar-refractivity contribution in [2.24, 2.45) is 11.7 Å². The lowest BCUT2D eigenvalue weighted by atomic mass is 9.74. The maximum absolute atomic E-state index is 6.31. The molecule has 2 heteroatoms. The molecule has 3 unspecified atom stereocenters. The number of benzene rings is 1. The summed E-state index contributed by atoms with van der Waals surface area (Å²) in [4.78, 5) is 2.67. The third-order valence-electron chi connectivity index (χ3n) is 6.19. The van der Waals surface area contributed by atoms with Gasteiger partial charge in [-0.05, 0) is 56.2 Å². The van der Waals surface area contributed by atoms with E-state index in [2.05, 4.69) is 43.1 Å². The van der Waals surface area contributed by atoms with Crippen LogP contribution in [0.1, 0.15) is 50.2 Å². The van der Waals surface area contributed by atoms with Crippen LogP contribution < -0.4 is 5.73 Å². The van der Waals surface area contributed by atoms with Crippen LogP contribution in [-0.2, 0) is 12.8 Å². The Bertz CT molecular complexity index is 484. The van der Waals surface area contributed by atoms with E-state index in [0.29, 0.717) is 6.04 Å². The molecule has 3 atom stereocenters. The van der Waals surface area contributed by atoms with E-state index in [0.717, 1.165) is 18.9 Å². The Morgan fingerprint density at radius 3 is 2.62 bits per heavy atom. The molecule has 0 radical (unpaired) electrons. The van der Waals surface area contributed by atoms with Gasteiger partial charge >= 0.3 is 0 Å². The lowest BCUT2D eigenvalue weighted by molar-refractivity contribution is 0.0220. The zero-order chi connectivity index (χ0) is 14.9. The molecule has 3 rings (SSSR count). The van der Waals surface area contributed by atoms with Gasteiger partial charge in [-0.15, -0.1) is 0 Å². The van der Waals surface area contributed by atoms with Gasteiger partial charge in [0.1, 0.15) is 0 Å². The maximum atomic E-state index is 6.31. The number of likely N-dealkylation sites (N-methyl/N-ethyl adjacent to an activating group) is 1. The molecule has 1 aromatic rings. The summed E-state index contributed by atoms with van der Waals surface area (Å²) in [6.07, 6.45) is 9.03. The van der Waals surface area contributed by atoms with Gasteiger partial charge in [0, 0.05) is 18.1 Å². The van der Waals surface area contributed by atoms with Crippen molar-refractivity contribution >= 4 is 0 Å². The van der Waals surface area contributed by atoms with Gasteiger partial charge in [-0.2, -0.15) is 0 Å². The van der Waals surface area contributed by atoms with Crippen LogP contribution in [-0.4, -0.2) is 30.1 Å². The molecule has 1 saturated carbocycles. The zero-order valence-corrected chi connectivity index (χ0v) is 13.6. The highest BCUT2D eigenvalue weighted by molar-refractivity contribution is 5.32. The summed E-state index contributed by atoms with van der Waals surface area (Å²) >= 11 is 0. The van der Waals surface area contributed by atoms with E-state index in [9.17, 15) is 0 Å². The van der Waals surface area contributed by atoms with E-state index >= 15 is 0 Å². The molecule has 1 fully saturated rings. The Balaban J connectivity index is 1.84. The lowest BCUT2D eigenvalue weighted by Crippen LogP contribution is -2.60. The molecule has 116 valence electrons. The first-order valence-electron chi connectivity index (χ1n) is 8.66. The minimum absolute atomic E-state index is 0.171. The van der Waals surface area contributed by atoms with Crippen molar-refractivity contribution in [1.29, 1.82) is 0 Å². The Labute approximate surface area is 129 Å². The second-order valence-corrected chi connectivity index (χ2v) is 7.31. The van der Waals surface area contributed by atoms with Gasteiger partial charge in [-0.1, -0.05) is 44.0 Å². The predicted molar refractivity (Wildman–Crippen MR) is 89.4 cm³/mol. The fourth-order valence-electron chi connectivity index (χ4n) is 4.63. The number of hydrogen-bond donors (Lipinski definition) is 1. The average Bonchev–Trinajstić information content (AvgIpc) is 2.54. The molecule has 21 heavy (non-hydrogen) atoms. The molecule has 0 heterocycles. The van der Waals surface area contributed by atoms with Crippen molar-refractivity contribution in [3.05, 3.63) is 35.4 Å². The molecule has 0 aromatic heterocycles. The first-order valence-corrected chi connectivity index (χ1v) is 8.66. The molecular formula is C19H30N2. The van der Waals surface area contributed by atoms with Gasteiger partial charge in [-0.25, -0.2) is 0 Å². The predicted octanol–water partition coefficient (Wildman–Crippen LogP) is 3.38. The number of hydrogen-bond acceptors (Lipinski definition) is 2. The summed E-state index contributed by atoms with van der Waals surface area (Å²) in [7, 11) is 2.34. The van der Waals surface area contributed by atoms with Crippen LogP contribution in [0.3, 0.4) is 0 Å². The van der Waals surface area contributed by atoms with Crippen LogP contribution >= 0.6 is 0 Å². The van der Waals surface area contributed by atoms with Gasteiger partial charge < -0.3 is 5.73 Å². The molecule has 2 N–H and O–H groups in total. The second-order valence-electron chi connectivity index (χ2n) is 7.31. The molecule has 0 spiro atoms. The van der Waals surface area contributed by atoms with E-state index in [-0.39, 0.29) is 5.54 Å². The quantitative estimate of drug-likeness (QED) is 0.923. The number of aryl methyl sites for hydroxylation is 1. The summed E-state index contributed by atoms with van der Waals surface area (Å²) in [6, 6.07) is 9.65. The van der Waals surface area contributed by atoms with E-state index < -0.39 is 0 Å².